The maximum Gasteiger partial charge on any atom is 0.306 e. The summed E-state index contributed by atoms with van der Waals surface area (Å²) in [5.74, 6) is -0.889. The summed E-state index contributed by atoms with van der Waals surface area (Å²) >= 11 is 0. The number of aryl methyl sites for hydroxylation is 2. The maximum absolute atomic E-state index is 11.1. The van der Waals surface area contributed by atoms with E-state index in [2.05, 4.69) is 30.1 Å². The first kappa shape index (κ1) is 10.4. The lowest BCUT2D eigenvalue weighted by Crippen LogP contribution is -2.21. The number of aliphatic carboxylic acids is 1. The Morgan fingerprint density at radius 3 is 3.06 bits per heavy atom. The number of H-pyrrole nitrogens is 1. The number of hydrogen-bond donors (Lipinski definition) is 2. The number of rotatable bonds is 1. The Balaban J connectivity index is 2.12. The fourth-order valence-electron chi connectivity index (χ4n) is 2.75. The minimum atomic E-state index is -0.669. The molecule has 1 heterocycles. The summed E-state index contributed by atoms with van der Waals surface area (Å²) in [6.45, 7) is 2.07. The lowest BCUT2D eigenvalue weighted by Gasteiger charge is -2.18. The van der Waals surface area contributed by atoms with Crippen molar-refractivity contribution in [2.75, 3.05) is 0 Å². The Morgan fingerprint density at radius 1 is 1.47 bits per heavy atom. The highest BCUT2D eigenvalue weighted by atomic mass is 16.4. The van der Waals surface area contributed by atoms with Crippen molar-refractivity contribution in [3.05, 3.63) is 35.0 Å². The van der Waals surface area contributed by atoms with E-state index in [0.29, 0.717) is 6.42 Å². The van der Waals surface area contributed by atoms with Crippen LogP contribution in [0.2, 0.25) is 0 Å². The van der Waals surface area contributed by atoms with E-state index < -0.39 is 5.97 Å². The van der Waals surface area contributed by atoms with Gasteiger partial charge in [-0.1, -0.05) is 12.1 Å². The number of aromatic amines is 1. The number of carboxylic acid groups (broad SMARTS) is 1. The van der Waals surface area contributed by atoms with Crippen LogP contribution >= 0.6 is 0 Å². The molecule has 0 amide bonds. The quantitative estimate of drug-likeness (QED) is 0.789. The molecule has 3 nitrogen and oxygen atoms in total. The number of fused-ring (bicyclic) bond motifs is 3. The third-order valence-corrected chi connectivity index (χ3v) is 3.69. The third-order valence-electron chi connectivity index (χ3n) is 3.69. The summed E-state index contributed by atoms with van der Waals surface area (Å²) in [6, 6.07) is 6.31. The molecule has 1 unspecified atom stereocenters. The van der Waals surface area contributed by atoms with Gasteiger partial charge in [0.1, 0.15) is 0 Å². The minimum Gasteiger partial charge on any atom is -0.481 e. The molecule has 1 aliphatic carbocycles. The number of nitrogens with one attached hydrogen (secondary N) is 1. The highest BCUT2D eigenvalue weighted by molar-refractivity contribution is 5.86. The van der Waals surface area contributed by atoms with Gasteiger partial charge in [-0.15, -0.1) is 0 Å². The van der Waals surface area contributed by atoms with Crippen LogP contribution < -0.4 is 0 Å². The smallest absolute Gasteiger partial charge is 0.306 e. The van der Waals surface area contributed by atoms with Crippen molar-refractivity contribution in [1.29, 1.82) is 0 Å². The van der Waals surface area contributed by atoms with Crippen LogP contribution in [0.15, 0.2) is 18.2 Å². The number of hydrogen-bond acceptors (Lipinski definition) is 1. The monoisotopic (exact) mass is 229 g/mol. The average molecular weight is 229 g/mol. The number of carboxylic acids is 1. The average Bonchev–Trinajstić information content (AvgIpc) is 2.64. The molecule has 1 aromatic carbocycles. The molecule has 0 aliphatic heterocycles. The van der Waals surface area contributed by atoms with Gasteiger partial charge in [0.15, 0.2) is 0 Å². The van der Waals surface area contributed by atoms with Gasteiger partial charge in [0.05, 0.1) is 5.92 Å². The van der Waals surface area contributed by atoms with Crippen molar-refractivity contribution in [2.24, 2.45) is 5.92 Å². The molecule has 1 aromatic heterocycles. The van der Waals surface area contributed by atoms with Crippen LogP contribution in [0, 0.1) is 12.8 Å². The van der Waals surface area contributed by atoms with Crippen molar-refractivity contribution >= 4 is 16.9 Å². The van der Waals surface area contributed by atoms with Crippen molar-refractivity contribution in [3.63, 3.8) is 0 Å². The molecule has 88 valence electrons. The van der Waals surface area contributed by atoms with Crippen LogP contribution in [0.1, 0.15) is 23.2 Å². The standard InChI is InChI=1S/C14H15NO2/c1-8-2-4-10-11-7-9(14(16)17)3-5-12(11)15-13(10)6-8/h2,4,6,9,15H,3,5,7H2,1H3,(H,16,17). The highest BCUT2D eigenvalue weighted by Crippen LogP contribution is 2.32. The van der Waals surface area contributed by atoms with Gasteiger partial charge in [-0.05, 0) is 43.4 Å². The van der Waals surface area contributed by atoms with E-state index in [4.69, 9.17) is 5.11 Å². The molecule has 2 N–H and O–H groups in total. The summed E-state index contributed by atoms with van der Waals surface area (Å²) in [6.07, 6.45) is 2.25. The van der Waals surface area contributed by atoms with Gasteiger partial charge in [-0.2, -0.15) is 0 Å². The zero-order valence-electron chi connectivity index (χ0n) is 9.79. The summed E-state index contributed by atoms with van der Waals surface area (Å²) in [7, 11) is 0. The van der Waals surface area contributed by atoms with E-state index in [-0.39, 0.29) is 5.92 Å². The van der Waals surface area contributed by atoms with Crippen molar-refractivity contribution in [3.8, 4) is 0 Å². The molecule has 17 heavy (non-hydrogen) atoms. The first-order valence-corrected chi connectivity index (χ1v) is 5.98. The Bertz CT molecular complexity index is 598. The Labute approximate surface area is 99.5 Å². The zero-order chi connectivity index (χ0) is 12.0. The van der Waals surface area contributed by atoms with Gasteiger partial charge in [-0.25, -0.2) is 0 Å². The number of benzene rings is 1. The Kier molecular flexibility index (Phi) is 2.21. The second-order valence-corrected chi connectivity index (χ2v) is 4.91. The SMILES string of the molecule is Cc1ccc2c3c([nH]c2c1)CCC(C(=O)O)C3. The van der Waals surface area contributed by atoms with E-state index in [1.54, 1.807) is 0 Å². The van der Waals surface area contributed by atoms with Crippen LogP contribution in [0.4, 0.5) is 0 Å². The molecule has 0 saturated carbocycles. The molecule has 1 atom stereocenters. The van der Waals surface area contributed by atoms with Crippen LogP contribution in [-0.4, -0.2) is 16.1 Å². The van der Waals surface area contributed by atoms with Gasteiger partial charge < -0.3 is 10.1 Å². The number of aromatic nitrogens is 1. The van der Waals surface area contributed by atoms with Crippen molar-refractivity contribution in [2.45, 2.75) is 26.2 Å². The van der Waals surface area contributed by atoms with Crippen LogP contribution in [0.5, 0.6) is 0 Å². The molecular weight excluding hydrogens is 214 g/mol. The predicted octanol–water partition coefficient (Wildman–Crippen LogP) is 2.67. The van der Waals surface area contributed by atoms with E-state index in [9.17, 15) is 4.79 Å². The summed E-state index contributed by atoms with van der Waals surface area (Å²) in [5.41, 5.74) is 4.80. The van der Waals surface area contributed by atoms with E-state index in [1.807, 2.05) is 0 Å². The fourth-order valence-corrected chi connectivity index (χ4v) is 2.75. The molecule has 0 fully saturated rings. The molecule has 3 rings (SSSR count). The largest absolute Gasteiger partial charge is 0.481 e. The lowest BCUT2D eigenvalue weighted by atomic mass is 9.86. The molecular formula is C14H15NO2. The van der Waals surface area contributed by atoms with E-state index >= 15 is 0 Å². The second-order valence-electron chi connectivity index (χ2n) is 4.91. The van der Waals surface area contributed by atoms with Gasteiger partial charge in [0.25, 0.3) is 0 Å². The Hall–Kier alpha value is -1.77. The maximum atomic E-state index is 11.1. The topological polar surface area (TPSA) is 53.1 Å². The molecule has 1 aliphatic rings. The van der Waals surface area contributed by atoms with Crippen LogP contribution in [-0.2, 0) is 17.6 Å². The minimum absolute atomic E-state index is 0.220. The molecule has 2 aromatic rings. The lowest BCUT2D eigenvalue weighted by molar-refractivity contribution is -0.142. The van der Waals surface area contributed by atoms with Crippen molar-refractivity contribution < 1.29 is 9.90 Å². The van der Waals surface area contributed by atoms with E-state index in [1.165, 1.54) is 22.2 Å². The van der Waals surface area contributed by atoms with Gasteiger partial charge in [0.2, 0.25) is 0 Å². The molecule has 0 saturated heterocycles. The predicted molar refractivity (Wildman–Crippen MR) is 66.2 cm³/mol. The normalized spacial score (nSPS) is 19.2. The first-order chi connectivity index (χ1) is 8.15. The summed E-state index contributed by atoms with van der Waals surface area (Å²) in [4.78, 5) is 14.5. The highest BCUT2D eigenvalue weighted by Gasteiger charge is 2.26. The fraction of sp³-hybridized carbons (Fsp3) is 0.357. The molecule has 0 radical (unpaired) electrons. The second kappa shape index (κ2) is 3.62. The first-order valence-electron chi connectivity index (χ1n) is 5.98. The van der Waals surface area contributed by atoms with Gasteiger partial charge in [-0.3, -0.25) is 4.79 Å². The van der Waals surface area contributed by atoms with Crippen molar-refractivity contribution in [1.82, 2.24) is 4.98 Å². The van der Waals surface area contributed by atoms with Gasteiger partial charge >= 0.3 is 5.97 Å². The molecule has 3 heteroatoms. The number of carbonyl (C=O) groups is 1. The summed E-state index contributed by atoms with van der Waals surface area (Å²) in [5, 5.41) is 10.3. The van der Waals surface area contributed by atoms with E-state index in [0.717, 1.165) is 18.4 Å². The molecule has 0 bridgehead atoms. The third kappa shape index (κ3) is 1.62. The molecule has 0 spiro atoms. The zero-order valence-corrected chi connectivity index (χ0v) is 9.79. The Morgan fingerprint density at radius 2 is 2.29 bits per heavy atom. The summed E-state index contributed by atoms with van der Waals surface area (Å²) < 4.78 is 0. The van der Waals surface area contributed by atoms with Gasteiger partial charge in [0, 0.05) is 16.6 Å². The van der Waals surface area contributed by atoms with Crippen LogP contribution in [0.3, 0.4) is 0 Å². The van der Waals surface area contributed by atoms with Crippen LogP contribution in [0.25, 0.3) is 10.9 Å².